The van der Waals surface area contributed by atoms with Gasteiger partial charge in [-0.2, -0.15) is 0 Å². The normalized spacial score (nSPS) is 10.1. The number of hydrogen-bond acceptors (Lipinski definition) is 4. The lowest BCUT2D eigenvalue weighted by molar-refractivity contribution is 0.0844. The van der Waals surface area contributed by atoms with Crippen LogP contribution < -0.4 is 10.9 Å². The van der Waals surface area contributed by atoms with Crippen LogP contribution in [0.2, 0.25) is 0 Å². The summed E-state index contributed by atoms with van der Waals surface area (Å²) in [6, 6.07) is 6.67. The van der Waals surface area contributed by atoms with Gasteiger partial charge in [0, 0.05) is 24.2 Å². The molecule has 120 valence electrons. The van der Waals surface area contributed by atoms with Gasteiger partial charge in [-0.3, -0.25) is 30.4 Å². The Bertz CT molecular complexity index is 641. The monoisotopic (exact) mass is 312 g/mol. The maximum atomic E-state index is 12.0. The van der Waals surface area contributed by atoms with E-state index in [4.69, 9.17) is 0 Å². The van der Waals surface area contributed by atoms with E-state index in [1.165, 1.54) is 25.2 Å². The lowest BCUT2D eigenvalue weighted by atomic mass is 10.1. The van der Waals surface area contributed by atoms with Gasteiger partial charge in [-0.05, 0) is 36.6 Å². The summed E-state index contributed by atoms with van der Waals surface area (Å²) in [6.45, 7) is 2.16. The van der Waals surface area contributed by atoms with E-state index in [2.05, 4.69) is 27.7 Å². The summed E-state index contributed by atoms with van der Waals surface area (Å²) >= 11 is 0. The first kappa shape index (κ1) is 16.6. The highest BCUT2D eigenvalue weighted by molar-refractivity contribution is 5.98. The van der Waals surface area contributed by atoms with Crippen molar-refractivity contribution < 1.29 is 9.59 Å². The maximum absolute atomic E-state index is 12.0. The fourth-order valence-corrected chi connectivity index (χ4v) is 2.04. The molecule has 0 bridgehead atoms. The highest BCUT2D eigenvalue weighted by atomic mass is 16.2. The molecule has 2 amide bonds. The Morgan fingerprint density at radius 2 is 1.74 bits per heavy atom. The van der Waals surface area contributed by atoms with Gasteiger partial charge in [-0.1, -0.05) is 25.8 Å². The molecular formula is C17H20N4O2. The van der Waals surface area contributed by atoms with Crippen molar-refractivity contribution in [3.05, 3.63) is 59.7 Å². The summed E-state index contributed by atoms with van der Waals surface area (Å²) < 4.78 is 0. The predicted molar refractivity (Wildman–Crippen MR) is 86.6 cm³/mol. The lowest BCUT2D eigenvalue weighted by Gasteiger charge is -2.07. The molecule has 6 nitrogen and oxygen atoms in total. The van der Waals surface area contributed by atoms with Crippen molar-refractivity contribution in [3.8, 4) is 0 Å². The molecule has 0 aliphatic carbocycles. The third-order valence-corrected chi connectivity index (χ3v) is 3.36. The molecule has 2 heterocycles. The minimum Gasteiger partial charge on any atom is -0.267 e. The van der Waals surface area contributed by atoms with Gasteiger partial charge in [0.05, 0.1) is 0 Å². The van der Waals surface area contributed by atoms with E-state index in [1.54, 1.807) is 24.4 Å². The van der Waals surface area contributed by atoms with Gasteiger partial charge in [0.2, 0.25) is 0 Å². The number of amides is 2. The van der Waals surface area contributed by atoms with Crippen LogP contribution >= 0.6 is 0 Å². The molecule has 0 fully saturated rings. The van der Waals surface area contributed by atoms with E-state index in [0.717, 1.165) is 18.4 Å². The topological polar surface area (TPSA) is 84.0 Å². The van der Waals surface area contributed by atoms with E-state index in [1.807, 2.05) is 6.07 Å². The second-order valence-electron chi connectivity index (χ2n) is 5.15. The first-order chi connectivity index (χ1) is 11.2. The number of nitrogens with zero attached hydrogens (tertiary/aromatic N) is 2. The minimum atomic E-state index is -0.451. The first-order valence-corrected chi connectivity index (χ1v) is 7.66. The number of pyridine rings is 2. The number of rotatable bonds is 6. The van der Waals surface area contributed by atoms with Crippen LogP contribution in [0.4, 0.5) is 0 Å². The van der Waals surface area contributed by atoms with E-state index in [9.17, 15) is 9.59 Å². The van der Waals surface area contributed by atoms with E-state index in [0.29, 0.717) is 5.56 Å². The standard InChI is InChI=1S/C17H20N4O2/c1-2-3-4-5-13-6-7-15(19-12-13)17(23)21-20-16(22)14-8-10-18-11-9-14/h6-12H,2-5H2,1H3,(H,20,22)(H,21,23). The third kappa shape index (κ3) is 5.18. The largest absolute Gasteiger partial charge is 0.288 e. The van der Waals surface area contributed by atoms with Crippen molar-refractivity contribution in [1.29, 1.82) is 0 Å². The van der Waals surface area contributed by atoms with Crippen molar-refractivity contribution in [2.24, 2.45) is 0 Å². The van der Waals surface area contributed by atoms with Gasteiger partial charge in [0.25, 0.3) is 11.8 Å². The lowest BCUT2D eigenvalue weighted by Crippen LogP contribution is -2.41. The number of aromatic nitrogens is 2. The molecule has 23 heavy (non-hydrogen) atoms. The van der Waals surface area contributed by atoms with Crippen LogP contribution in [0.3, 0.4) is 0 Å². The van der Waals surface area contributed by atoms with E-state index >= 15 is 0 Å². The molecule has 2 N–H and O–H groups in total. The summed E-state index contributed by atoms with van der Waals surface area (Å²) in [5, 5.41) is 0. The van der Waals surface area contributed by atoms with Crippen molar-refractivity contribution in [3.63, 3.8) is 0 Å². The fourth-order valence-electron chi connectivity index (χ4n) is 2.04. The SMILES string of the molecule is CCCCCc1ccc(C(=O)NNC(=O)c2ccncc2)nc1. The van der Waals surface area contributed by atoms with Gasteiger partial charge >= 0.3 is 0 Å². The molecule has 0 saturated heterocycles. The van der Waals surface area contributed by atoms with E-state index in [-0.39, 0.29) is 5.69 Å². The Balaban J connectivity index is 1.84. The quantitative estimate of drug-likeness (QED) is 0.633. The van der Waals surface area contributed by atoms with Crippen molar-refractivity contribution in [1.82, 2.24) is 20.8 Å². The Labute approximate surface area is 135 Å². The number of aryl methyl sites for hydroxylation is 1. The summed E-state index contributed by atoms with van der Waals surface area (Å²) in [6.07, 6.45) is 9.15. The van der Waals surface area contributed by atoms with Crippen LogP contribution in [0, 0.1) is 0 Å². The third-order valence-electron chi connectivity index (χ3n) is 3.36. The summed E-state index contributed by atoms with van der Waals surface area (Å²) in [4.78, 5) is 31.7. The Morgan fingerprint density at radius 3 is 2.39 bits per heavy atom. The van der Waals surface area contributed by atoms with Crippen LogP contribution in [-0.2, 0) is 6.42 Å². The second kappa shape index (κ2) is 8.63. The van der Waals surface area contributed by atoms with Crippen LogP contribution in [0.15, 0.2) is 42.9 Å². The first-order valence-electron chi connectivity index (χ1n) is 7.66. The van der Waals surface area contributed by atoms with Gasteiger partial charge in [-0.25, -0.2) is 0 Å². The predicted octanol–water partition coefficient (Wildman–Crippen LogP) is 2.28. The highest BCUT2D eigenvalue weighted by Crippen LogP contribution is 2.06. The minimum absolute atomic E-state index is 0.263. The zero-order valence-electron chi connectivity index (χ0n) is 13.1. The number of hydrogen-bond donors (Lipinski definition) is 2. The molecule has 0 radical (unpaired) electrons. The Morgan fingerprint density at radius 1 is 1.00 bits per heavy atom. The smallest absolute Gasteiger partial charge is 0.267 e. The number of carbonyl (C=O) groups is 2. The molecule has 0 aliphatic heterocycles. The highest BCUT2D eigenvalue weighted by Gasteiger charge is 2.09. The van der Waals surface area contributed by atoms with Gasteiger partial charge in [0.15, 0.2) is 0 Å². The molecule has 0 aliphatic rings. The average molecular weight is 312 g/mol. The molecule has 0 saturated carbocycles. The average Bonchev–Trinajstić information content (AvgIpc) is 2.61. The molecule has 6 heteroatoms. The van der Waals surface area contributed by atoms with Crippen molar-refractivity contribution >= 4 is 11.8 Å². The van der Waals surface area contributed by atoms with Crippen LogP contribution in [-0.4, -0.2) is 21.8 Å². The summed E-state index contributed by atoms with van der Waals surface area (Å²) in [5.74, 6) is -0.857. The molecule has 2 rings (SSSR count). The summed E-state index contributed by atoms with van der Waals surface area (Å²) in [7, 11) is 0. The number of carbonyl (C=O) groups excluding carboxylic acids is 2. The van der Waals surface area contributed by atoms with Crippen LogP contribution in [0.1, 0.15) is 52.6 Å². The molecular weight excluding hydrogens is 292 g/mol. The zero-order chi connectivity index (χ0) is 16.5. The molecule has 2 aromatic heterocycles. The Hall–Kier alpha value is -2.76. The van der Waals surface area contributed by atoms with Gasteiger partial charge in [0.1, 0.15) is 5.69 Å². The van der Waals surface area contributed by atoms with E-state index < -0.39 is 11.8 Å². The number of hydrazine groups is 1. The van der Waals surface area contributed by atoms with Gasteiger partial charge < -0.3 is 0 Å². The maximum Gasteiger partial charge on any atom is 0.288 e. The van der Waals surface area contributed by atoms with Crippen molar-refractivity contribution in [2.45, 2.75) is 32.6 Å². The molecule has 0 spiro atoms. The molecule has 0 atom stereocenters. The van der Waals surface area contributed by atoms with Gasteiger partial charge in [-0.15, -0.1) is 0 Å². The molecule has 0 unspecified atom stereocenters. The summed E-state index contributed by atoms with van der Waals surface area (Å²) in [5.41, 5.74) is 6.48. The fraction of sp³-hybridized carbons (Fsp3) is 0.294. The Kier molecular flexibility index (Phi) is 6.23. The zero-order valence-corrected chi connectivity index (χ0v) is 13.1. The van der Waals surface area contributed by atoms with Crippen LogP contribution in [0.25, 0.3) is 0 Å². The molecule has 2 aromatic rings. The van der Waals surface area contributed by atoms with Crippen molar-refractivity contribution in [2.75, 3.05) is 0 Å². The number of unbranched alkanes of at least 4 members (excludes halogenated alkanes) is 2. The molecule has 0 aromatic carbocycles. The second-order valence-corrected chi connectivity index (χ2v) is 5.15. The van der Waals surface area contributed by atoms with Crippen LogP contribution in [0.5, 0.6) is 0 Å². The number of nitrogens with one attached hydrogen (secondary N) is 2.